The summed E-state index contributed by atoms with van der Waals surface area (Å²) < 4.78 is 45.4. The van der Waals surface area contributed by atoms with Crippen molar-refractivity contribution in [2.24, 2.45) is 0 Å². The van der Waals surface area contributed by atoms with Gasteiger partial charge in [-0.3, -0.25) is 0 Å². The standard InChI is InChI=1S/C17H20F3NO4/c1-16(2,3)24-15(22)25-21-10-8-13(9-11-21)12-4-6-14(7-5-12)23-17(18,19)20/h4-8H,9-11H2,1-3H3. The number of carbonyl (C=O) groups excluding carboxylic acids is 1. The summed E-state index contributed by atoms with van der Waals surface area (Å²) in [7, 11) is 0. The molecule has 2 rings (SSSR count). The zero-order valence-corrected chi connectivity index (χ0v) is 14.2. The van der Waals surface area contributed by atoms with E-state index in [1.807, 2.05) is 6.08 Å². The summed E-state index contributed by atoms with van der Waals surface area (Å²) >= 11 is 0. The van der Waals surface area contributed by atoms with E-state index < -0.39 is 18.1 Å². The fraction of sp³-hybridized carbons (Fsp3) is 0.471. The van der Waals surface area contributed by atoms with Crippen molar-refractivity contribution in [3.8, 4) is 5.75 Å². The van der Waals surface area contributed by atoms with Gasteiger partial charge in [0.15, 0.2) is 0 Å². The molecule has 0 unspecified atom stereocenters. The maximum absolute atomic E-state index is 12.2. The molecular weight excluding hydrogens is 339 g/mol. The van der Waals surface area contributed by atoms with Gasteiger partial charge in [0, 0.05) is 6.54 Å². The Morgan fingerprint density at radius 2 is 1.76 bits per heavy atom. The Labute approximate surface area is 143 Å². The Bertz CT molecular complexity index is 633. The average molecular weight is 359 g/mol. The van der Waals surface area contributed by atoms with Gasteiger partial charge >= 0.3 is 12.5 Å². The smallest absolute Gasteiger partial charge is 0.427 e. The molecule has 1 aromatic rings. The zero-order chi connectivity index (χ0) is 18.7. The van der Waals surface area contributed by atoms with Crippen molar-refractivity contribution >= 4 is 11.7 Å². The third-order valence-electron chi connectivity index (χ3n) is 3.22. The molecule has 0 aromatic heterocycles. The van der Waals surface area contributed by atoms with Gasteiger partial charge in [0.05, 0.1) is 6.54 Å². The molecular formula is C17H20F3NO4. The molecule has 0 radical (unpaired) electrons. The second kappa shape index (κ2) is 7.35. The second-order valence-corrected chi connectivity index (χ2v) is 6.50. The van der Waals surface area contributed by atoms with E-state index >= 15 is 0 Å². The van der Waals surface area contributed by atoms with Gasteiger partial charge in [-0.25, -0.2) is 4.79 Å². The summed E-state index contributed by atoms with van der Waals surface area (Å²) in [5.41, 5.74) is 1.13. The van der Waals surface area contributed by atoms with Crippen molar-refractivity contribution in [3.63, 3.8) is 0 Å². The lowest BCUT2D eigenvalue weighted by molar-refractivity contribution is -0.274. The predicted molar refractivity (Wildman–Crippen MR) is 84.6 cm³/mol. The first-order chi connectivity index (χ1) is 11.5. The molecule has 1 aromatic carbocycles. The van der Waals surface area contributed by atoms with Crippen LogP contribution in [-0.2, 0) is 9.57 Å². The van der Waals surface area contributed by atoms with Crippen molar-refractivity contribution in [1.29, 1.82) is 0 Å². The Morgan fingerprint density at radius 1 is 1.12 bits per heavy atom. The van der Waals surface area contributed by atoms with Crippen molar-refractivity contribution in [3.05, 3.63) is 35.9 Å². The van der Waals surface area contributed by atoms with Crippen LogP contribution in [0, 0.1) is 0 Å². The minimum atomic E-state index is -4.70. The molecule has 0 amide bonds. The molecule has 0 saturated heterocycles. The molecule has 0 aliphatic carbocycles. The van der Waals surface area contributed by atoms with E-state index in [9.17, 15) is 18.0 Å². The number of hydroxylamine groups is 2. The molecule has 0 saturated carbocycles. The fourth-order valence-electron chi connectivity index (χ4n) is 2.24. The van der Waals surface area contributed by atoms with Crippen molar-refractivity contribution in [2.75, 3.05) is 13.1 Å². The maximum atomic E-state index is 12.2. The highest BCUT2D eigenvalue weighted by molar-refractivity contribution is 5.67. The summed E-state index contributed by atoms with van der Waals surface area (Å²) in [6.07, 6.45) is -3.03. The number of carbonyl (C=O) groups is 1. The van der Waals surface area contributed by atoms with Crippen LogP contribution in [0.2, 0.25) is 0 Å². The topological polar surface area (TPSA) is 48.0 Å². The van der Waals surface area contributed by atoms with E-state index in [-0.39, 0.29) is 5.75 Å². The van der Waals surface area contributed by atoms with Crippen LogP contribution in [-0.4, -0.2) is 36.3 Å². The predicted octanol–water partition coefficient (Wildman–Crippen LogP) is 4.54. The summed E-state index contributed by atoms with van der Waals surface area (Å²) in [6.45, 7) is 6.07. The SMILES string of the molecule is CC(C)(C)OC(=O)ON1CC=C(c2ccc(OC(F)(F)F)cc2)CC1. The lowest BCUT2D eigenvalue weighted by atomic mass is 10.0. The van der Waals surface area contributed by atoms with Gasteiger partial charge < -0.3 is 14.3 Å². The number of halogens is 3. The minimum Gasteiger partial charge on any atom is -0.427 e. The number of hydrogen-bond acceptors (Lipinski definition) is 5. The van der Waals surface area contributed by atoms with Gasteiger partial charge in [-0.1, -0.05) is 18.2 Å². The molecule has 138 valence electrons. The molecule has 1 heterocycles. The Balaban J connectivity index is 1.91. The van der Waals surface area contributed by atoms with E-state index in [1.54, 1.807) is 32.9 Å². The molecule has 0 atom stereocenters. The van der Waals surface area contributed by atoms with Crippen LogP contribution < -0.4 is 4.74 Å². The number of alkyl halides is 3. The number of nitrogens with zero attached hydrogens (tertiary/aromatic N) is 1. The lowest BCUT2D eigenvalue weighted by Gasteiger charge is -2.26. The number of ether oxygens (including phenoxy) is 2. The minimum absolute atomic E-state index is 0.262. The van der Waals surface area contributed by atoms with Crippen LogP contribution in [0.15, 0.2) is 30.3 Å². The Hall–Kier alpha value is -2.22. The number of benzene rings is 1. The average Bonchev–Trinajstić information content (AvgIpc) is 2.45. The van der Waals surface area contributed by atoms with E-state index in [0.29, 0.717) is 19.5 Å². The third-order valence-corrected chi connectivity index (χ3v) is 3.22. The van der Waals surface area contributed by atoms with Gasteiger partial charge in [0.1, 0.15) is 11.4 Å². The fourth-order valence-corrected chi connectivity index (χ4v) is 2.24. The molecule has 0 fully saturated rings. The first-order valence-corrected chi connectivity index (χ1v) is 7.73. The van der Waals surface area contributed by atoms with Crippen LogP contribution in [0.1, 0.15) is 32.8 Å². The summed E-state index contributed by atoms with van der Waals surface area (Å²) in [5.74, 6) is -0.262. The molecule has 0 spiro atoms. The highest BCUT2D eigenvalue weighted by Crippen LogP contribution is 2.27. The number of hydrogen-bond donors (Lipinski definition) is 0. The summed E-state index contributed by atoms with van der Waals surface area (Å²) in [5, 5.41) is 1.47. The zero-order valence-electron chi connectivity index (χ0n) is 14.2. The van der Waals surface area contributed by atoms with Crippen LogP contribution in [0.4, 0.5) is 18.0 Å². The molecule has 25 heavy (non-hydrogen) atoms. The molecule has 1 aliphatic rings. The highest BCUT2D eigenvalue weighted by atomic mass is 19.4. The van der Waals surface area contributed by atoms with Crippen molar-refractivity contribution in [1.82, 2.24) is 5.06 Å². The van der Waals surface area contributed by atoms with Crippen LogP contribution >= 0.6 is 0 Å². The third kappa shape index (κ3) is 6.66. The van der Waals surface area contributed by atoms with Gasteiger partial charge in [-0.05, 0) is 50.5 Å². The van der Waals surface area contributed by atoms with Crippen molar-refractivity contribution in [2.45, 2.75) is 39.2 Å². The maximum Gasteiger partial charge on any atom is 0.573 e. The first kappa shape index (κ1) is 19.1. The van der Waals surface area contributed by atoms with Gasteiger partial charge in [-0.2, -0.15) is 0 Å². The molecule has 1 aliphatic heterocycles. The molecule has 5 nitrogen and oxygen atoms in total. The summed E-state index contributed by atoms with van der Waals surface area (Å²) in [6, 6.07) is 5.68. The molecule has 0 bridgehead atoms. The first-order valence-electron chi connectivity index (χ1n) is 7.73. The largest absolute Gasteiger partial charge is 0.573 e. The monoisotopic (exact) mass is 359 g/mol. The second-order valence-electron chi connectivity index (χ2n) is 6.50. The van der Waals surface area contributed by atoms with Crippen molar-refractivity contribution < 1.29 is 32.3 Å². The van der Waals surface area contributed by atoms with Crippen LogP contribution in [0.3, 0.4) is 0 Å². The van der Waals surface area contributed by atoms with E-state index in [1.165, 1.54) is 17.2 Å². The van der Waals surface area contributed by atoms with Gasteiger partial charge in [-0.15, -0.1) is 18.2 Å². The summed E-state index contributed by atoms with van der Waals surface area (Å²) in [4.78, 5) is 16.7. The quantitative estimate of drug-likeness (QED) is 0.742. The van der Waals surface area contributed by atoms with E-state index in [4.69, 9.17) is 9.57 Å². The Morgan fingerprint density at radius 3 is 2.24 bits per heavy atom. The molecule has 0 N–H and O–H groups in total. The lowest BCUT2D eigenvalue weighted by Crippen LogP contribution is -2.34. The highest BCUT2D eigenvalue weighted by Gasteiger charge is 2.31. The Kier molecular flexibility index (Phi) is 5.62. The molecule has 8 heteroatoms. The normalized spacial score (nSPS) is 16.2. The van der Waals surface area contributed by atoms with Crippen LogP contribution in [0.5, 0.6) is 5.75 Å². The van der Waals surface area contributed by atoms with E-state index in [0.717, 1.165) is 11.1 Å². The van der Waals surface area contributed by atoms with Crippen LogP contribution in [0.25, 0.3) is 5.57 Å². The van der Waals surface area contributed by atoms with Gasteiger partial charge in [0.2, 0.25) is 0 Å². The number of rotatable bonds is 3. The van der Waals surface area contributed by atoms with E-state index in [2.05, 4.69) is 4.74 Å². The van der Waals surface area contributed by atoms with Gasteiger partial charge in [0.25, 0.3) is 0 Å².